The minimum Gasteiger partial charge on any atom is -0.497 e. The monoisotopic (exact) mass is 372 g/mol. The summed E-state index contributed by atoms with van der Waals surface area (Å²) in [5.41, 5.74) is 1.54. The highest BCUT2D eigenvalue weighted by Gasteiger charge is 2.67. The maximum Gasteiger partial charge on any atom is 0.264 e. The van der Waals surface area contributed by atoms with Crippen molar-refractivity contribution in [2.24, 2.45) is 16.8 Å². The first-order valence-electron chi connectivity index (χ1n) is 9.50. The molecule has 6 atom stereocenters. The quantitative estimate of drug-likeness (QED) is 0.869. The minimum absolute atomic E-state index is 0.0239. The second kappa shape index (κ2) is 5.77. The number of hydrogen-bond acceptors (Lipinski definition) is 6. The molecule has 2 saturated heterocycles. The van der Waals surface area contributed by atoms with Crippen molar-refractivity contribution in [1.29, 1.82) is 0 Å². The highest BCUT2D eigenvalue weighted by Crippen LogP contribution is 2.57. The molecule has 144 valence electrons. The average molecular weight is 372 g/mol. The van der Waals surface area contributed by atoms with Crippen molar-refractivity contribution in [3.8, 4) is 5.75 Å². The number of benzene rings is 1. The number of carbonyl (C=O) groups is 1. The van der Waals surface area contributed by atoms with E-state index in [0.29, 0.717) is 24.5 Å². The lowest BCUT2D eigenvalue weighted by molar-refractivity contribution is -0.152. The van der Waals surface area contributed by atoms with Crippen LogP contribution in [0.3, 0.4) is 0 Å². The van der Waals surface area contributed by atoms with Crippen LogP contribution >= 0.6 is 0 Å². The number of fused-ring (bicyclic) bond motifs is 2. The van der Waals surface area contributed by atoms with Crippen LogP contribution in [0.2, 0.25) is 0 Å². The molecule has 4 heterocycles. The fourth-order valence-corrected chi connectivity index (χ4v) is 5.69. The number of rotatable bonds is 3. The van der Waals surface area contributed by atoms with Gasteiger partial charge in [-0.25, -0.2) is 0 Å². The first kappa shape index (κ1) is 17.2. The Morgan fingerprint density at radius 1 is 1.41 bits per heavy atom. The third-order valence-electron chi connectivity index (χ3n) is 6.85. The SMILES string of the molecule is CCC1=N[C@H]2C[C@@]3(C(=O)N(OC)c4cc(OC)ccc43)[C@H]3OC[C@H]2[C@@H]1[C@H]3O. The molecule has 27 heavy (non-hydrogen) atoms. The summed E-state index contributed by atoms with van der Waals surface area (Å²) in [6, 6.07) is 5.52. The van der Waals surface area contributed by atoms with Crippen molar-refractivity contribution >= 4 is 17.3 Å². The molecular formula is C20H24N2O5. The molecule has 1 saturated carbocycles. The zero-order chi connectivity index (χ0) is 18.9. The number of anilines is 1. The van der Waals surface area contributed by atoms with Crippen LogP contribution in [0.15, 0.2) is 23.2 Å². The van der Waals surface area contributed by atoms with Gasteiger partial charge < -0.3 is 14.6 Å². The fourth-order valence-electron chi connectivity index (χ4n) is 5.69. The summed E-state index contributed by atoms with van der Waals surface area (Å²) in [6.07, 6.45) is -0.0242. The normalized spacial score (nSPS) is 39.0. The van der Waals surface area contributed by atoms with E-state index in [1.165, 1.54) is 12.2 Å². The molecule has 1 aromatic rings. The molecule has 0 aromatic heterocycles. The van der Waals surface area contributed by atoms with Gasteiger partial charge in [-0.1, -0.05) is 13.0 Å². The van der Waals surface area contributed by atoms with Crippen LogP contribution < -0.4 is 9.80 Å². The maximum absolute atomic E-state index is 13.6. The molecule has 6 rings (SSSR count). The van der Waals surface area contributed by atoms with Gasteiger partial charge in [-0.15, -0.1) is 0 Å². The van der Waals surface area contributed by atoms with E-state index >= 15 is 0 Å². The largest absolute Gasteiger partial charge is 0.497 e. The molecule has 1 aromatic carbocycles. The van der Waals surface area contributed by atoms with Crippen LogP contribution in [0.1, 0.15) is 25.3 Å². The van der Waals surface area contributed by atoms with Gasteiger partial charge in [0.2, 0.25) is 0 Å². The Kier molecular flexibility index (Phi) is 3.67. The van der Waals surface area contributed by atoms with Gasteiger partial charge in [0, 0.05) is 23.6 Å². The molecule has 7 heteroatoms. The summed E-state index contributed by atoms with van der Waals surface area (Å²) in [4.78, 5) is 24.0. The number of amides is 1. The highest BCUT2D eigenvalue weighted by molar-refractivity contribution is 6.08. The molecule has 7 nitrogen and oxygen atoms in total. The van der Waals surface area contributed by atoms with Crippen LogP contribution in [0.5, 0.6) is 5.75 Å². The number of hydroxylamine groups is 1. The summed E-state index contributed by atoms with van der Waals surface area (Å²) in [5.74, 6) is 0.562. The van der Waals surface area contributed by atoms with Crippen molar-refractivity contribution in [1.82, 2.24) is 0 Å². The smallest absolute Gasteiger partial charge is 0.264 e. The number of carbonyl (C=O) groups excluding carboxylic acids is 1. The number of nitrogens with zero attached hydrogens (tertiary/aromatic N) is 2. The minimum atomic E-state index is -0.992. The summed E-state index contributed by atoms with van der Waals surface area (Å²) >= 11 is 0. The number of aliphatic hydroxyl groups is 1. The van der Waals surface area contributed by atoms with Gasteiger partial charge >= 0.3 is 0 Å². The fraction of sp³-hybridized carbons (Fsp3) is 0.600. The van der Waals surface area contributed by atoms with E-state index in [1.807, 2.05) is 12.1 Å². The average Bonchev–Trinajstić information content (AvgIpc) is 3.05. The van der Waals surface area contributed by atoms with Gasteiger partial charge in [0.1, 0.15) is 17.3 Å². The van der Waals surface area contributed by atoms with Crippen molar-refractivity contribution in [3.05, 3.63) is 23.8 Å². The lowest BCUT2D eigenvalue weighted by atomic mass is 9.70. The van der Waals surface area contributed by atoms with E-state index in [4.69, 9.17) is 19.3 Å². The Hall–Kier alpha value is -1.96. The molecule has 1 amide bonds. The Bertz CT molecular complexity index is 840. The van der Waals surface area contributed by atoms with Crippen LogP contribution in [0.25, 0.3) is 0 Å². The van der Waals surface area contributed by atoms with Gasteiger partial charge in [0.15, 0.2) is 0 Å². The molecule has 4 bridgehead atoms. The third kappa shape index (κ3) is 1.97. The van der Waals surface area contributed by atoms with Crippen LogP contribution in [-0.4, -0.2) is 55.8 Å². The summed E-state index contributed by atoms with van der Waals surface area (Å²) in [5, 5.41) is 12.6. The van der Waals surface area contributed by atoms with Gasteiger partial charge in [-0.05, 0) is 24.5 Å². The molecular weight excluding hydrogens is 348 g/mol. The Morgan fingerprint density at radius 2 is 2.22 bits per heavy atom. The van der Waals surface area contributed by atoms with E-state index in [-0.39, 0.29) is 23.8 Å². The van der Waals surface area contributed by atoms with Crippen LogP contribution in [0.4, 0.5) is 5.69 Å². The lowest BCUT2D eigenvalue weighted by Crippen LogP contribution is -2.58. The Balaban J connectivity index is 1.71. The van der Waals surface area contributed by atoms with Gasteiger partial charge in [-0.2, -0.15) is 5.06 Å². The highest BCUT2D eigenvalue weighted by atomic mass is 16.7. The van der Waals surface area contributed by atoms with Gasteiger partial charge in [-0.3, -0.25) is 14.6 Å². The molecule has 0 unspecified atom stereocenters. The first-order chi connectivity index (χ1) is 13.1. The van der Waals surface area contributed by atoms with Crippen LogP contribution in [-0.2, 0) is 19.8 Å². The predicted octanol–water partition coefficient (Wildman–Crippen LogP) is 1.47. The van der Waals surface area contributed by atoms with Gasteiger partial charge in [0.05, 0.1) is 38.7 Å². The summed E-state index contributed by atoms with van der Waals surface area (Å²) in [6.45, 7) is 2.60. The van der Waals surface area contributed by atoms with Crippen molar-refractivity contribution < 1.29 is 24.2 Å². The topological polar surface area (TPSA) is 80.6 Å². The summed E-state index contributed by atoms with van der Waals surface area (Å²) in [7, 11) is 3.07. The molecule has 5 aliphatic rings. The molecule has 0 radical (unpaired) electrons. The van der Waals surface area contributed by atoms with E-state index in [2.05, 4.69) is 6.92 Å². The van der Waals surface area contributed by atoms with E-state index < -0.39 is 17.6 Å². The van der Waals surface area contributed by atoms with E-state index in [1.54, 1.807) is 13.2 Å². The number of hydrogen-bond donors (Lipinski definition) is 1. The maximum atomic E-state index is 13.6. The standard InChI is InChI=1S/C20H24N2O5/c1-4-13-16-11-9-27-18(17(16)23)20(8-14(11)21-13)12-6-5-10(25-2)7-15(12)22(26-3)19(20)24/h5-7,11,14,16-18,23H,4,8-9H2,1-3H3/t11-,14+,16+,17-,18+,20+/m1/s1. The van der Waals surface area contributed by atoms with E-state index in [0.717, 1.165) is 17.7 Å². The molecule has 1 aliphatic carbocycles. The molecule has 1 N–H and O–H groups in total. The molecule has 3 fully saturated rings. The third-order valence-corrected chi connectivity index (χ3v) is 6.85. The Labute approximate surface area is 157 Å². The Morgan fingerprint density at radius 3 is 2.93 bits per heavy atom. The lowest BCUT2D eigenvalue weighted by Gasteiger charge is -2.42. The first-order valence-corrected chi connectivity index (χ1v) is 9.50. The number of aliphatic imine (C=N–C) groups is 1. The van der Waals surface area contributed by atoms with Crippen molar-refractivity contribution in [2.75, 3.05) is 25.9 Å². The second-order valence-corrected chi connectivity index (χ2v) is 7.82. The van der Waals surface area contributed by atoms with Crippen molar-refractivity contribution in [3.63, 3.8) is 0 Å². The summed E-state index contributed by atoms with van der Waals surface area (Å²) < 4.78 is 11.5. The second-order valence-electron chi connectivity index (χ2n) is 7.82. The molecule has 4 aliphatic heterocycles. The number of methoxy groups -OCH3 is 1. The molecule has 1 spiro atoms. The number of aliphatic hydroxyl groups excluding tert-OH is 1. The number of ether oxygens (including phenoxy) is 2. The van der Waals surface area contributed by atoms with Gasteiger partial charge in [0.25, 0.3) is 5.91 Å². The van der Waals surface area contributed by atoms with E-state index in [9.17, 15) is 9.90 Å². The zero-order valence-electron chi connectivity index (χ0n) is 15.7. The van der Waals surface area contributed by atoms with Crippen molar-refractivity contribution in [2.45, 2.75) is 43.4 Å². The zero-order valence-corrected chi connectivity index (χ0v) is 15.7. The van der Waals surface area contributed by atoms with Crippen LogP contribution in [0, 0.1) is 11.8 Å². The predicted molar refractivity (Wildman–Crippen MR) is 98.0 cm³/mol.